The summed E-state index contributed by atoms with van der Waals surface area (Å²) in [5, 5.41) is 6.07. The number of amides is 2. The van der Waals surface area contributed by atoms with E-state index in [-0.39, 0.29) is 17.4 Å². The van der Waals surface area contributed by atoms with Crippen molar-refractivity contribution in [1.29, 1.82) is 0 Å². The summed E-state index contributed by atoms with van der Waals surface area (Å²) in [5.41, 5.74) is 2.16. The Kier molecular flexibility index (Phi) is 9.18. The summed E-state index contributed by atoms with van der Waals surface area (Å²) >= 11 is 13.6. The molecule has 2 amide bonds. The Balaban J connectivity index is 1.58. The maximum absolute atomic E-state index is 13.4. The minimum atomic E-state index is -0.589. The Morgan fingerprint density at radius 2 is 1.37 bits per heavy atom. The van der Waals surface area contributed by atoms with Crippen LogP contribution in [0.4, 0.5) is 11.4 Å². The summed E-state index contributed by atoms with van der Waals surface area (Å²) in [6.07, 6.45) is 0. The second kappa shape index (κ2) is 12.7. The molecule has 6 nitrogen and oxygen atoms in total. The third-order valence-electron chi connectivity index (χ3n) is 5.47. The van der Waals surface area contributed by atoms with E-state index in [4.69, 9.17) is 32.7 Å². The summed E-state index contributed by atoms with van der Waals surface area (Å²) in [6.45, 7) is 0. The molecule has 0 bridgehead atoms. The number of anilines is 2. The van der Waals surface area contributed by atoms with Gasteiger partial charge in [-0.2, -0.15) is 0 Å². The SMILES string of the molecule is COc1cccc(OC)c1C(=O)Nc1cccc(SC(C(=O)Nc2cc(Cl)cc(Cl)c2)c2ccccc2)c1. The van der Waals surface area contributed by atoms with E-state index in [2.05, 4.69) is 10.6 Å². The molecule has 4 aromatic rings. The third-order valence-corrected chi connectivity index (χ3v) is 7.16. The number of carbonyl (C=O) groups is 2. The van der Waals surface area contributed by atoms with Crippen LogP contribution in [0.5, 0.6) is 11.5 Å². The van der Waals surface area contributed by atoms with Gasteiger partial charge in [0.1, 0.15) is 22.3 Å². The van der Waals surface area contributed by atoms with Crippen LogP contribution < -0.4 is 20.1 Å². The van der Waals surface area contributed by atoms with Crippen molar-refractivity contribution in [3.05, 3.63) is 112 Å². The Morgan fingerprint density at radius 3 is 2.00 bits per heavy atom. The Labute approximate surface area is 235 Å². The van der Waals surface area contributed by atoms with E-state index in [1.807, 2.05) is 48.5 Å². The van der Waals surface area contributed by atoms with Gasteiger partial charge >= 0.3 is 0 Å². The molecule has 0 aliphatic rings. The Hall–Kier alpha value is -3.65. The van der Waals surface area contributed by atoms with Crippen LogP contribution in [-0.4, -0.2) is 26.0 Å². The van der Waals surface area contributed by atoms with Gasteiger partial charge < -0.3 is 20.1 Å². The van der Waals surface area contributed by atoms with Crippen LogP contribution in [0.2, 0.25) is 10.0 Å². The fourth-order valence-electron chi connectivity index (χ4n) is 3.79. The molecule has 0 aromatic heterocycles. The standard InChI is InChI=1S/C29H24Cl2N2O4S/c1-36-24-12-7-13-25(37-2)26(24)28(34)32-21-10-6-11-23(17-21)38-27(18-8-4-3-5-9-18)29(35)33-22-15-19(30)14-20(31)16-22/h3-17,27H,1-2H3,(H,32,34)(H,33,35). The van der Waals surface area contributed by atoms with Crippen LogP contribution in [0, 0.1) is 0 Å². The van der Waals surface area contributed by atoms with Crippen LogP contribution in [0.3, 0.4) is 0 Å². The highest BCUT2D eigenvalue weighted by Gasteiger charge is 2.23. The normalized spacial score (nSPS) is 11.4. The number of carbonyl (C=O) groups excluding carboxylic acids is 2. The van der Waals surface area contributed by atoms with E-state index in [0.717, 1.165) is 10.5 Å². The van der Waals surface area contributed by atoms with Gasteiger partial charge in [0, 0.05) is 26.3 Å². The molecule has 194 valence electrons. The van der Waals surface area contributed by atoms with Gasteiger partial charge in [-0.3, -0.25) is 9.59 Å². The van der Waals surface area contributed by atoms with Gasteiger partial charge in [0.2, 0.25) is 5.91 Å². The lowest BCUT2D eigenvalue weighted by atomic mass is 10.1. The van der Waals surface area contributed by atoms with Crippen molar-refractivity contribution in [2.45, 2.75) is 10.1 Å². The monoisotopic (exact) mass is 566 g/mol. The van der Waals surface area contributed by atoms with Gasteiger partial charge in [0.15, 0.2) is 0 Å². The van der Waals surface area contributed by atoms with Crippen molar-refractivity contribution < 1.29 is 19.1 Å². The molecule has 0 radical (unpaired) electrons. The van der Waals surface area contributed by atoms with Crippen LogP contribution in [0.15, 0.2) is 95.9 Å². The number of ether oxygens (including phenoxy) is 2. The summed E-state index contributed by atoms with van der Waals surface area (Å²) in [6, 6.07) is 26.7. The minimum Gasteiger partial charge on any atom is -0.496 e. The summed E-state index contributed by atoms with van der Waals surface area (Å²) in [7, 11) is 2.99. The molecular formula is C29H24Cl2N2O4S. The average molecular weight is 567 g/mol. The van der Waals surface area contributed by atoms with Crippen molar-refractivity contribution in [1.82, 2.24) is 0 Å². The second-order valence-corrected chi connectivity index (χ2v) is 10.1. The second-order valence-electron chi connectivity index (χ2n) is 8.08. The van der Waals surface area contributed by atoms with E-state index in [9.17, 15) is 9.59 Å². The number of rotatable bonds is 9. The van der Waals surface area contributed by atoms with Gasteiger partial charge in [-0.05, 0) is 54.1 Å². The van der Waals surface area contributed by atoms with Crippen molar-refractivity contribution in [2.75, 3.05) is 24.9 Å². The third kappa shape index (κ3) is 6.81. The number of nitrogens with one attached hydrogen (secondary N) is 2. The number of benzene rings is 4. The van der Waals surface area contributed by atoms with Crippen LogP contribution >= 0.6 is 35.0 Å². The van der Waals surface area contributed by atoms with Gasteiger partial charge in [0.25, 0.3) is 5.91 Å². The van der Waals surface area contributed by atoms with Crippen LogP contribution in [-0.2, 0) is 4.79 Å². The van der Waals surface area contributed by atoms with E-state index >= 15 is 0 Å². The highest BCUT2D eigenvalue weighted by Crippen LogP contribution is 2.38. The average Bonchev–Trinajstić information content (AvgIpc) is 2.91. The zero-order valence-corrected chi connectivity index (χ0v) is 22.9. The first-order valence-corrected chi connectivity index (χ1v) is 13.1. The lowest BCUT2D eigenvalue weighted by Crippen LogP contribution is -2.19. The topological polar surface area (TPSA) is 76.7 Å². The number of methoxy groups -OCH3 is 2. The maximum atomic E-state index is 13.4. The molecule has 38 heavy (non-hydrogen) atoms. The van der Waals surface area contributed by atoms with Gasteiger partial charge in [0.05, 0.1) is 14.2 Å². The number of hydrogen-bond donors (Lipinski definition) is 2. The molecule has 1 unspecified atom stereocenters. The minimum absolute atomic E-state index is 0.243. The molecule has 0 fully saturated rings. The number of thioether (sulfide) groups is 1. The lowest BCUT2D eigenvalue weighted by molar-refractivity contribution is -0.115. The molecular weight excluding hydrogens is 543 g/mol. The van der Waals surface area contributed by atoms with E-state index in [1.165, 1.54) is 26.0 Å². The van der Waals surface area contributed by atoms with Gasteiger partial charge in [-0.1, -0.05) is 65.7 Å². The molecule has 4 rings (SSSR count). The number of halogens is 2. The molecule has 0 aliphatic carbocycles. The quantitative estimate of drug-likeness (QED) is 0.203. The van der Waals surface area contributed by atoms with Crippen LogP contribution in [0.25, 0.3) is 0 Å². The fraction of sp³-hybridized carbons (Fsp3) is 0.103. The molecule has 0 spiro atoms. The lowest BCUT2D eigenvalue weighted by Gasteiger charge is -2.18. The van der Waals surface area contributed by atoms with E-state index < -0.39 is 5.25 Å². The zero-order chi connectivity index (χ0) is 27.1. The summed E-state index contributed by atoms with van der Waals surface area (Å²) in [4.78, 5) is 27.3. The van der Waals surface area contributed by atoms with Crippen LogP contribution in [0.1, 0.15) is 21.2 Å². The predicted octanol–water partition coefficient (Wildman–Crippen LogP) is 7.74. The summed E-state index contributed by atoms with van der Waals surface area (Å²) < 4.78 is 10.7. The first-order valence-electron chi connectivity index (χ1n) is 11.5. The molecule has 0 heterocycles. The smallest absolute Gasteiger partial charge is 0.263 e. The maximum Gasteiger partial charge on any atom is 0.263 e. The Bertz CT molecular complexity index is 1410. The first-order chi connectivity index (χ1) is 18.4. The Morgan fingerprint density at radius 1 is 0.737 bits per heavy atom. The fourth-order valence-corrected chi connectivity index (χ4v) is 5.40. The molecule has 9 heteroatoms. The van der Waals surface area contributed by atoms with E-state index in [0.29, 0.717) is 32.9 Å². The molecule has 0 saturated heterocycles. The molecule has 4 aromatic carbocycles. The highest BCUT2D eigenvalue weighted by molar-refractivity contribution is 8.00. The van der Waals surface area contributed by atoms with Gasteiger partial charge in [-0.15, -0.1) is 11.8 Å². The summed E-state index contributed by atoms with van der Waals surface area (Å²) in [5.74, 6) is 0.174. The molecule has 1 atom stereocenters. The number of hydrogen-bond acceptors (Lipinski definition) is 5. The molecule has 0 saturated carbocycles. The first kappa shape index (κ1) is 27.4. The van der Waals surface area contributed by atoms with Crippen molar-refractivity contribution in [3.8, 4) is 11.5 Å². The highest BCUT2D eigenvalue weighted by atomic mass is 35.5. The largest absolute Gasteiger partial charge is 0.496 e. The van der Waals surface area contributed by atoms with Crippen molar-refractivity contribution in [3.63, 3.8) is 0 Å². The van der Waals surface area contributed by atoms with Crippen molar-refractivity contribution in [2.24, 2.45) is 0 Å². The predicted molar refractivity (Wildman–Crippen MR) is 154 cm³/mol. The van der Waals surface area contributed by atoms with Gasteiger partial charge in [-0.25, -0.2) is 0 Å². The zero-order valence-electron chi connectivity index (χ0n) is 20.5. The van der Waals surface area contributed by atoms with Crippen molar-refractivity contribution >= 4 is 58.2 Å². The molecule has 0 aliphatic heterocycles. The molecule has 2 N–H and O–H groups in total. The van der Waals surface area contributed by atoms with E-state index in [1.54, 1.807) is 42.5 Å².